The number of carboxylic acid groups (broad SMARTS) is 1. The molecule has 4 rings (SSSR count). The van der Waals surface area contributed by atoms with Crippen LogP contribution in [0.2, 0.25) is 0 Å². The highest BCUT2D eigenvalue weighted by molar-refractivity contribution is 5.86. The third-order valence-corrected chi connectivity index (χ3v) is 4.83. The lowest BCUT2D eigenvalue weighted by molar-refractivity contribution is 0.143. The number of nitrogens with two attached hydrogens (primary N) is 1. The molecule has 9 heteroatoms. The van der Waals surface area contributed by atoms with Crippen LogP contribution in [-0.4, -0.2) is 35.0 Å². The van der Waals surface area contributed by atoms with E-state index in [1.165, 1.54) is 15.7 Å². The van der Waals surface area contributed by atoms with Crippen LogP contribution in [0.5, 0.6) is 5.75 Å². The van der Waals surface area contributed by atoms with Crippen molar-refractivity contribution in [2.45, 2.75) is 31.3 Å². The third-order valence-electron chi connectivity index (χ3n) is 4.83. The quantitative estimate of drug-likeness (QED) is 0.810. The minimum absolute atomic E-state index is 0.0351. The molecule has 0 amide bonds. The number of fused-ring (bicyclic) bond motifs is 1. The summed E-state index contributed by atoms with van der Waals surface area (Å²) in [6, 6.07) is 0.706. The number of rotatable bonds is 3. The molecule has 138 valence electrons. The van der Waals surface area contributed by atoms with Gasteiger partial charge in [0.15, 0.2) is 11.6 Å². The molecule has 3 N–H and O–H groups in total. The zero-order chi connectivity index (χ0) is 18.6. The van der Waals surface area contributed by atoms with E-state index in [9.17, 15) is 14.0 Å². The third kappa shape index (κ3) is 2.68. The highest BCUT2D eigenvalue weighted by atomic mass is 19.1. The van der Waals surface area contributed by atoms with E-state index in [4.69, 9.17) is 10.8 Å². The number of hydrogen-bond donors (Lipinski definition) is 2. The van der Waals surface area contributed by atoms with Gasteiger partial charge in [0.2, 0.25) is 5.43 Å². The average Bonchev–Trinajstić information content (AvgIpc) is 3.32. The maximum Gasteiger partial charge on any atom is 0.511 e. The first kappa shape index (κ1) is 16.8. The zero-order valence-electron chi connectivity index (χ0n) is 13.7. The first-order chi connectivity index (χ1) is 12.4. The largest absolute Gasteiger partial charge is 0.511 e. The van der Waals surface area contributed by atoms with E-state index in [1.807, 2.05) is 0 Å². The molecule has 2 heterocycles. The predicted octanol–water partition coefficient (Wildman–Crippen LogP) is 2.21. The summed E-state index contributed by atoms with van der Waals surface area (Å²) in [5.41, 5.74) is 4.74. The number of benzene rings is 1. The van der Waals surface area contributed by atoms with Crippen LogP contribution in [0, 0.1) is 11.6 Å². The van der Waals surface area contributed by atoms with E-state index < -0.39 is 29.0 Å². The lowest BCUT2D eigenvalue weighted by Crippen LogP contribution is -2.28. The molecule has 1 aromatic heterocycles. The van der Waals surface area contributed by atoms with Crippen molar-refractivity contribution in [3.63, 3.8) is 0 Å². The van der Waals surface area contributed by atoms with Crippen LogP contribution in [0.15, 0.2) is 17.1 Å². The van der Waals surface area contributed by atoms with Crippen molar-refractivity contribution in [1.82, 2.24) is 4.57 Å². The first-order valence-corrected chi connectivity index (χ1v) is 8.35. The Kier molecular flexibility index (Phi) is 3.83. The summed E-state index contributed by atoms with van der Waals surface area (Å²) in [6.07, 6.45) is 1.66. The molecule has 1 atom stereocenters. The summed E-state index contributed by atoms with van der Waals surface area (Å²) in [7, 11) is 0. The van der Waals surface area contributed by atoms with Crippen LogP contribution in [0.3, 0.4) is 0 Å². The standard InChI is InChI=1S/C17H17F2N3O4/c18-11-5-10-14(13(19)15(11)21-4-3-8(20)6-21)22(9-1-2-9)7-12(16(10)23)26-17(24)25/h5,7-9H,1-4,6,20H2,(H,24,25)/t8-/m1/s1. The number of halogens is 2. The maximum atomic E-state index is 15.3. The number of hydrogen-bond acceptors (Lipinski definition) is 5. The van der Waals surface area contributed by atoms with Gasteiger partial charge in [-0.3, -0.25) is 4.79 Å². The van der Waals surface area contributed by atoms with Gasteiger partial charge in [-0.15, -0.1) is 0 Å². The number of ether oxygens (including phenoxy) is 1. The Morgan fingerprint density at radius 2 is 2.04 bits per heavy atom. The molecule has 7 nitrogen and oxygen atoms in total. The molecule has 1 aliphatic heterocycles. The van der Waals surface area contributed by atoms with E-state index in [0.29, 0.717) is 19.5 Å². The Morgan fingerprint density at radius 3 is 2.62 bits per heavy atom. The minimum Gasteiger partial charge on any atom is -0.449 e. The van der Waals surface area contributed by atoms with Crippen LogP contribution in [-0.2, 0) is 0 Å². The normalized spacial score (nSPS) is 20.0. The van der Waals surface area contributed by atoms with Crippen LogP contribution >= 0.6 is 0 Å². The number of carbonyl (C=O) groups is 1. The zero-order valence-corrected chi connectivity index (χ0v) is 13.7. The lowest BCUT2D eigenvalue weighted by Gasteiger charge is -2.22. The first-order valence-electron chi connectivity index (χ1n) is 8.35. The molecule has 2 fully saturated rings. The van der Waals surface area contributed by atoms with Gasteiger partial charge in [0.05, 0.1) is 17.1 Å². The fourth-order valence-electron chi connectivity index (χ4n) is 3.49. The molecular formula is C17H17F2N3O4. The monoisotopic (exact) mass is 365 g/mol. The van der Waals surface area contributed by atoms with Crippen LogP contribution < -0.4 is 20.8 Å². The van der Waals surface area contributed by atoms with Gasteiger partial charge in [-0.05, 0) is 25.3 Å². The molecule has 2 aliphatic rings. The van der Waals surface area contributed by atoms with Gasteiger partial charge in [0.25, 0.3) is 0 Å². The van der Waals surface area contributed by atoms with Crippen LogP contribution in [0.4, 0.5) is 19.3 Å². The fourth-order valence-corrected chi connectivity index (χ4v) is 3.49. The SMILES string of the molecule is N[C@@H]1CCN(c2c(F)cc3c(=O)c(OC(=O)O)cn(C4CC4)c3c2F)C1. The van der Waals surface area contributed by atoms with Crippen molar-refractivity contribution in [3.8, 4) is 5.75 Å². The molecule has 0 unspecified atom stereocenters. The second-order valence-electron chi connectivity index (χ2n) is 6.74. The molecular weight excluding hydrogens is 348 g/mol. The molecule has 0 bridgehead atoms. The highest BCUT2D eigenvalue weighted by Gasteiger charge is 2.32. The predicted molar refractivity (Wildman–Crippen MR) is 89.9 cm³/mol. The number of anilines is 1. The van der Waals surface area contributed by atoms with Crippen LogP contribution in [0.25, 0.3) is 10.9 Å². The minimum atomic E-state index is -1.66. The lowest BCUT2D eigenvalue weighted by atomic mass is 10.1. The van der Waals surface area contributed by atoms with Gasteiger partial charge < -0.3 is 25.0 Å². The number of aromatic nitrogens is 1. The fraction of sp³-hybridized carbons (Fsp3) is 0.412. The van der Waals surface area contributed by atoms with Crippen molar-refractivity contribution < 1.29 is 23.4 Å². The molecule has 26 heavy (non-hydrogen) atoms. The Bertz CT molecular complexity index is 971. The van der Waals surface area contributed by atoms with Gasteiger partial charge in [0.1, 0.15) is 11.5 Å². The summed E-state index contributed by atoms with van der Waals surface area (Å²) in [6.45, 7) is 0.752. The Balaban J connectivity index is 1.97. The van der Waals surface area contributed by atoms with Crippen LogP contribution in [0.1, 0.15) is 25.3 Å². The van der Waals surface area contributed by atoms with E-state index in [-0.39, 0.29) is 28.7 Å². The second kappa shape index (κ2) is 5.94. The van der Waals surface area contributed by atoms with Crippen molar-refractivity contribution in [2.75, 3.05) is 18.0 Å². The van der Waals surface area contributed by atoms with Crippen molar-refractivity contribution in [2.24, 2.45) is 5.73 Å². The number of nitrogens with zero attached hydrogens (tertiary/aromatic N) is 2. The Morgan fingerprint density at radius 1 is 1.31 bits per heavy atom. The van der Waals surface area contributed by atoms with E-state index in [2.05, 4.69) is 4.74 Å². The number of pyridine rings is 1. The second-order valence-corrected chi connectivity index (χ2v) is 6.74. The average molecular weight is 365 g/mol. The van der Waals surface area contributed by atoms with Crippen molar-refractivity contribution in [1.29, 1.82) is 0 Å². The van der Waals surface area contributed by atoms with Gasteiger partial charge in [-0.2, -0.15) is 0 Å². The van der Waals surface area contributed by atoms with Crippen molar-refractivity contribution in [3.05, 3.63) is 34.1 Å². The molecule has 0 spiro atoms. The smallest absolute Gasteiger partial charge is 0.449 e. The van der Waals surface area contributed by atoms with Gasteiger partial charge in [0, 0.05) is 25.2 Å². The summed E-state index contributed by atoms with van der Waals surface area (Å²) in [5.74, 6) is -2.18. The highest BCUT2D eigenvalue weighted by Crippen LogP contribution is 2.40. The van der Waals surface area contributed by atoms with Gasteiger partial charge >= 0.3 is 6.16 Å². The van der Waals surface area contributed by atoms with Crippen molar-refractivity contribution >= 4 is 22.7 Å². The van der Waals surface area contributed by atoms with Gasteiger partial charge in [-0.25, -0.2) is 13.6 Å². The van der Waals surface area contributed by atoms with E-state index in [1.54, 1.807) is 0 Å². The summed E-state index contributed by atoms with van der Waals surface area (Å²) in [4.78, 5) is 24.8. The van der Waals surface area contributed by atoms with Gasteiger partial charge in [-0.1, -0.05) is 0 Å². The molecule has 0 radical (unpaired) electrons. The van der Waals surface area contributed by atoms with E-state index in [0.717, 1.165) is 18.9 Å². The summed E-state index contributed by atoms with van der Waals surface area (Å²) >= 11 is 0. The Labute approximate surface area is 146 Å². The summed E-state index contributed by atoms with van der Waals surface area (Å²) < 4.78 is 35.9. The molecule has 1 saturated heterocycles. The summed E-state index contributed by atoms with van der Waals surface area (Å²) in [5, 5.41) is 8.56. The van der Waals surface area contributed by atoms with E-state index >= 15 is 4.39 Å². The Hall–Kier alpha value is -2.68. The molecule has 1 aromatic carbocycles. The molecule has 2 aromatic rings. The molecule has 1 aliphatic carbocycles. The maximum absolute atomic E-state index is 15.3. The topological polar surface area (TPSA) is 97.8 Å². The molecule has 1 saturated carbocycles.